The molecule has 2 nitrogen and oxygen atoms in total. The molecule has 0 spiro atoms. The lowest BCUT2D eigenvalue weighted by Crippen LogP contribution is -1.93. The summed E-state index contributed by atoms with van der Waals surface area (Å²) in [5.41, 5.74) is 0.937. The van der Waals surface area contributed by atoms with Gasteiger partial charge in [0.2, 0.25) is 0 Å². The number of hydrogen-bond donors (Lipinski definition) is 0. The lowest BCUT2D eigenvalue weighted by atomic mass is 10.4. The standard InChI is InChI=1S/C12H10Cl2N2S/c13-5-9-6-15-12(16-7-9)8-17-11-3-1-10(14)2-4-11/h1-4,6-7H,5,8H2. The Balaban J connectivity index is 1.95. The monoisotopic (exact) mass is 284 g/mol. The highest BCUT2D eigenvalue weighted by molar-refractivity contribution is 7.98. The van der Waals surface area contributed by atoms with Crippen LogP contribution in [0.1, 0.15) is 11.4 Å². The van der Waals surface area contributed by atoms with Crippen LogP contribution in [0.3, 0.4) is 0 Å². The van der Waals surface area contributed by atoms with Gasteiger partial charge in [0, 0.05) is 27.9 Å². The minimum Gasteiger partial charge on any atom is -0.240 e. The molecule has 0 N–H and O–H groups in total. The summed E-state index contributed by atoms with van der Waals surface area (Å²) in [7, 11) is 0. The molecule has 2 rings (SSSR count). The maximum Gasteiger partial charge on any atom is 0.138 e. The summed E-state index contributed by atoms with van der Waals surface area (Å²) >= 11 is 13.2. The number of rotatable bonds is 4. The van der Waals surface area contributed by atoms with Gasteiger partial charge < -0.3 is 0 Å². The van der Waals surface area contributed by atoms with Crippen LogP contribution in [0.15, 0.2) is 41.6 Å². The van der Waals surface area contributed by atoms with Crippen molar-refractivity contribution in [3.8, 4) is 0 Å². The molecule has 17 heavy (non-hydrogen) atoms. The average Bonchev–Trinajstić information content (AvgIpc) is 2.39. The second-order valence-electron chi connectivity index (χ2n) is 3.38. The average molecular weight is 285 g/mol. The Morgan fingerprint density at radius 3 is 2.29 bits per heavy atom. The number of hydrogen-bond acceptors (Lipinski definition) is 3. The number of halogens is 2. The zero-order valence-corrected chi connectivity index (χ0v) is 11.3. The fraction of sp³-hybridized carbons (Fsp3) is 0.167. The number of benzene rings is 1. The lowest BCUT2D eigenvalue weighted by Gasteiger charge is -2.01. The van der Waals surface area contributed by atoms with E-state index in [4.69, 9.17) is 23.2 Å². The Hall–Kier alpha value is -0.770. The first-order chi connectivity index (χ1) is 8.28. The summed E-state index contributed by atoms with van der Waals surface area (Å²) in [4.78, 5) is 9.63. The van der Waals surface area contributed by atoms with Crippen LogP contribution in [-0.2, 0) is 11.6 Å². The van der Waals surface area contributed by atoms with E-state index < -0.39 is 0 Å². The van der Waals surface area contributed by atoms with Crippen LogP contribution in [0.2, 0.25) is 5.02 Å². The highest BCUT2D eigenvalue weighted by atomic mass is 35.5. The first kappa shape index (κ1) is 12.7. The molecule has 5 heteroatoms. The van der Waals surface area contributed by atoms with Crippen molar-refractivity contribution in [1.82, 2.24) is 9.97 Å². The predicted octanol–water partition coefficient (Wildman–Crippen LogP) is 4.16. The molecular formula is C12H10Cl2N2S. The summed E-state index contributed by atoms with van der Waals surface area (Å²) in [6.07, 6.45) is 3.52. The van der Waals surface area contributed by atoms with Gasteiger partial charge in [0.25, 0.3) is 0 Å². The van der Waals surface area contributed by atoms with Crippen molar-refractivity contribution in [3.05, 3.63) is 53.1 Å². The molecule has 0 saturated carbocycles. The first-order valence-electron chi connectivity index (χ1n) is 5.02. The van der Waals surface area contributed by atoms with Gasteiger partial charge in [0.05, 0.1) is 11.6 Å². The molecule has 1 aromatic carbocycles. The highest BCUT2D eigenvalue weighted by Crippen LogP contribution is 2.22. The normalized spacial score (nSPS) is 10.5. The number of aromatic nitrogens is 2. The zero-order chi connectivity index (χ0) is 12.1. The van der Waals surface area contributed by atoms with Crippen molar-refractivity contribution in [2.45, 2.75) is 16.5 Å². The second-order valence-corrected chi connectivity index (χ2v) is 5.14. The lowest BCUT2D eigenvalue weighted by molar-refractivity contribution is 1.01. The van der Waals surface area contributed by atoms with Gasteiger partial charge in [-0.15, -0.1) is 23.4 Å². The van der Waals surface area contributed by atoms with Crippen LogP contribution in [0.4, 0.5) is 0 Å². The van der Waals surface area contributed by atoms with Crippen LogP contribution in [0, 0.1) is 0 Å². The summed E-state index contributed by atoms with van der Waals surface area (Å²) < 4.78 is 0. The molecule has 2 aromatic rings. The Bertz CT molecular complexity index is 471. The van der Waals surface area contributed by atoms with Crippen molar-refractivity contribution in [2.75, 3.05) is 0 Å². The molecule has 0 fully saturated rings. The fourth-order valence-electron chi connectivity index (χ4n) is 1.20. The molecule has 0 amide bonds. The first-order valence-corrected chi connectivity index (χ1v) is 6.92. The Morgan fingerprint density at radius 2 is 1.71 bits per heavy atom. The molecule has 0 aliphatic heterocycles. The molecule has 0 aliphatic rings. The highest BCUT2D eigenvalue weighted by Gasteiger charge is 1.99. The topological polar surface area (TPSA) is 25.8 Å². The van der Waals surface area contributed by atoms with Gasteiger partial charge in [0.15, 0.2) is 0 Å². The van der Waals surface area contributed by atoms with Crippen molar-refractivity contribution < 1.29 is 0 Å². The van der Waals surface area contributed by atoms with Crippen LogP contribution >= 0.6 is 35.0 Å². The van der Waals surface area contributed by atoms with Gasteiger partial charge in [-0.2, -0.15) is 0 Å². The van der Waals surface area contributed by atoms with Gasteiger partial charge in [0.1, 0.15) is 5.82 Å². The maximum absolute atomic E-state index is 5.82. The molecule has 88 valence electrons. The summed E-state index contributed by atoms with van der Waals surface area (Å²) in [6, 6.07) is 7.73. The molecule has 0 saturated heterocycles. The summed E-state index contributed by atoms with van der Waals surface area (Å²) in [5.74, 6) is 1.99. The van der Waals surface area contributed by atoms with E-state index in [0.29, 0.717) is 5.88 Å². The van der Waals surface area contributed by atoms with Gasteiger partial charge in [-0.25, -0.2) is 9.97 Å². The minimum atomic E-state index is 0.449. The third-order valence-electron chi connectivity index (χ3n) is 2.09. The summed E-state index contributed by atoms with van der Waals surface area (Å²) in [6.45, 7) is 0. The Morgan fingerprint density at radius 1 is 1.06 bits per heavy atom. The molecule has 1 heterocycles. The van der Waals surface area contributed by atoms with Crippen LogP contribution in [0.25, 0.3) is 0 Å². The van der Waals surface area contributed by atoms with E-state index in [1.54, 1.807) is 24.2 Å². The van der Waals surface area contributed by atoms with Gasteiger partial charge in [-0.05, 0) is 24.3 Å². The van der Waals surface area contributed by atoms with Crippen LogP contribution in [0.5, 0.6) is 0 Å². The molecule has 1 aromatic heterocycles. The van der Waals surface area contributed by atoms with Crippen molar-refractivity contribution >= 4 is 35.0 Å². The third-order valence-corrected chi connectivity index (χ3v) is 3.66. The van der Waals surface area contributed by atoms with E-state index in [0.717, 1.165) is 27.1 Å². The van der Waals surface area contributed by atoms with Gasteiger partial charge >= 0.3 is 0 Å². The smallest absolute Gasteiger partial charge is 0.138 e. The van der Waals surface area contributed by atoms with Crippen LogP contribution < -0.4 is 0 Å². The van der Waals surface area contributed by atoms with Crippen molar-refractivity contribution in [1.29, 1.82) is 0 Å². The number of thioether (sulfide) groups is 1. The molecular weight excluding hydrogens is 275 g/mol. The molecule has 0 aliphatic carbocycles. The third kappa shape index (κ3) is 3.87. The quantitative estimate of drug-likeness (QED) is 0.623. The minimum absolute atomic E-state index is 0.449. The second kappa shape index (κ2) is 6.24. The van der Waals surface area contributed by atoms with Crippen molar-refractivity contribution in [2.24, 2.45) is 0 Å². The largest absolute Gasteiger partial charge is 0.240 e. The van der Waals surface area contributed by atoms with E-state index in [2.05, 4.69) is 9.97 Å². The van der Waals surface area contributed by atoms with Gasteiger partial charge in [-0.1, -0.05) is 11.6 Å². The predicted molar refractivity (Wildman–Crippen MR) is 72.6 cm³/mol. The van der Waals surface area contributed by atoms with E-state index in [1.807, 2.05) is 24.3 Å². The Labute approximate surface area is 114 Å². The van der Waals surface area contributed by atoms with E-state index in [-0.39, 0.29) is 0 Å². The van der Waals surface area contributed by atoms with E-state index in [1.165, 1.54) is 0 Å². The van der Waals surface area contributed by atoms with Crippen LogP contribution in [-0.4, -0.2) is 9.97 Å². The van der Waals surface area contributed by atoms with E-state index in [9.17, 15) is 0 Å². The zero-order valence-electron chi connectivity index (χ0n) is 8.94. The number of alkyl halides is 1. The molecule has 0 bridgehead atoms. The van der Waals surface area contributed by atoms with Gasteiger partial charge in [-0.3, -0.25) is 0 Å². The van der Waals surface area contributed by atoms with E-state index >= 15 is 0 Å². The number of nitrogens with zero attached hydrogens (tertiary/aromatic N) is 2. The fourth-order valence-corrected chi connectivity index (χ4v) is 2.24. The summed E-state index contributed by atoms with van der Waals surface area (Å²) in [5, 5.41) is 0.747. The SMILES string of the molecule is ClCc1cnc(CSc2ccc(Cl)cc2)nc1. The molecule has 0 atom stereocenters. The Kier molecular flexibility index (Phi) is 4.66. The maximum atomic E-state index is 5.82. The molecule has 0 radical (unpaired) electrons. The van der Waals surface area contributed by atoms with Crippen molar-refractivity contribution in [3.63, 3.8) is 0 Å². The molecule has 0 unspecified atom stereocenters.